The second kappa shape index (κ2) is 11.1. The van der Waals surface area contributed by atoms with E-state index in [9.17, 15) is 19.5 Å². The minimum Gasteiger partial charge on any atom is -0.481 e. The number of benzene rings is 2. The number of aliphatic carboxylic acids is 1. The molecular formula is C28H30N2O5. The van der Waals surface area contributed by atoms with Gasteiger partial charge in [0.15, 0.2) is 0 Å². The van der Waals surface area contributed by atoms with E-state index in [-0.39, 0.29) is 18.9 Å². The Bertz CT molecular complexity index is 1090. The Balaban J connectivity index is 1.39. The number of alkyl carbamates (subject to hydrolysis) is 1. The second-order valence-electron chi connectivity index (χ2n) is 9.13. The minimum absolute atomic E-state index is 0.0273. The van der Waals surface area contributed by atoms with Gasteiger partial charge in [0, 0.05) is 18.4 Å². The lowest BCUT2D eigenvalue weighted by Gasteiger charge is -2.25. The molecule has 2 aliphatic carbocycles. The quantitative estimate of drug-likeness (QED) is 0.415. The number of hydrogen-bond acceptors (Lipinski definition) is 4. The maximum Gasteiger partial charge on any atom is 0.407 e. The summed E-state index contributed by atoms with van der Waals surface area (Å²) in [7, 11) is 0. The van der Waals surface area contributed by atoms with Crippen LogP contribution in [0.15, 0.2) is 48.5 Å². The molecule has 2 aromatic rings. The van der Waals surface area contributed by atoms with Gasteiger partial charge in [-0.05, 0) is 35.1 Å². The molecule has 0 spiro atoms. The third-order valence-electron chi connectivity index (χ3n) is 6.94. The molecular weight excluding hydrogens is 444 g/mol. The summed E-state index contributed by atoms with van der Waals surface area (Å²) in [6.45, 7) is 0.119. The first-order valence-corrected chi connectivity index (χ1v) is 12.1. The third kappa shape index (κ3) is 5.48. The average molecular weight is 475 g/mol. The van der Waals surface area contributed by atoms with Crippen molar-refractivity contribution in [1.29, 1.82) is 0 Å². The van der Waals surface area contributed by atoms with Crippen LogP contribution in [0.5, 0.6) is 0 Å². The van der Waals surface area contributed by atoms with Crippen molar-refractivity contribution in [2.24, 2.45) is 5.92 Å². The van der Waals surface area contributed by atoms with Crippen molar-refractivity contribution >= 4 is 18.0 Å². The van der Waals surface area contributed by atoms with Crippen LogP contribution in [0.4, 0.5) is 4.79 Å². The topological polar surface area (TPSA) is 105 Å². The number of rotatable bonds is 7. The van der Waals surface area contributed by atoms with E-state index in [4.69, 9.17) is 11.2 Å². The van der Waals surface area contributed by atoms with Crippen molar-refractivity contribution in [2.75, 3.05) is 6.61 Å². The van der Waals surface area contributed by atoms with Crippen LogP contribution in [0.2, 0.25) is 0 Å². The molecule has 0 saturated heterocycles. The van der Waals surface area contributed by atoms with E-state index >= 15 is 0 Å². The Kier molecular flexibility index (Phi) is 7.71. The first kappa shape index (κ1) is 24.3. The molecule has 3 N–H and O–H groups in total. The monoisotopic (exact) mass is 474 g/mol. The molecule has 4 rings (SSSR count). The summed E-state index contributed by atoms with van der Waals surface area (Å²) in [5.74, 6) is 0.249. The summed E-state index contributed by atoms with van der Waals surface area (Å²) < 4.78 is 5.54. The molecule has 1 fully saturated rings. The lowest BCUT2D eigenvalue weighted by Crippen LogP contribution is -2.52. The smallest absolute Gasteiger partial charge is 0.407 e. The predicted molar refractivity (Wildman–Crippen MR) is 132 cm³/mol. The van der Waals surface area contributed by atoms with Gasteiger partial charge in [0.2, 0.25) is 5.91 Å². The Morgan fingerprint density at radius 2 is 1.63 bits per heavy atom. The van der Waals surface area contributed by atoms with E-state index in [0.29, 0.717) is 12.8 Å². The van der Waals surface area contributed by atoms with E-state index in [2.05, 4.69) is 28.7 Å². The Labute approximate surface area is 205 Å². The van der Waals surface area contributed by atoms with Gasteiger partial charge < -0.3 is 20.5 Å². The molecule has 35 heavy (non-hydrogen) atoms. The van der Waals surface area contributed by atoms with Crippen LogP contribution in [-0.2, 0) is 14.3 Å². The van der Waals surface area contributed by atoms with Gasteiger partial charge >= 0.3 is 12.1 Å². The van der Waals surface area contributed by atoms with Crippen molar-refractivity contribution < 1.29 is 24.2 Å². The normalized spacial score (nSPS) is 19.9. The van der Waals surface area contributed by atoms with Crippen LogP contribution in [0.1, 0.15) is 55.6 Å². The number of carboxylic acids is 1. The van der Waals surface area contributed by atoms with Gasteiger partial charge in [0.05, 0.1) is 5.92 Å². The SMILES string of the molecule is C#CCC(NC(=O)OCC1c2ccccc2-c2ccccc21)C(=O)NC1CCCCCC1C(=O)O. The molecule has 3 atom stereocenters. The summed E-state index contributed by atoms with van der Waals surface area (Å²) in [5, 5.41) is 15.0. The van der Waals surface area contributed by atoms with Gasteiger partial charge in [-0.2, -0.15) is 0 Å². The molecule has 1 saturated carbocycles. The van der Waals surface area contributed by atoms with Crippen molar-refractivity contribution in [1.82, 2.24) is 10.6 Å². The number of ether oxygens (including phenoxy) is 1. The van der Waals surface area contributed by atoms with Gasteiger partial charge in [-0.1, -0.05) is 67.8 Å². The van der Waals surface area contributed by atoms with Crippen LogP contribution >= 0.6 is 0 Å². The van der Waals surface area contributed by atoms with E-state index in [1.807, 2.05) is 36.4 Å². The number of amides is 2. The predicted octanol–water partition coefficient (Wildman–Crippen LogP) is 4.07. The molecule has 0 aliphatic heterocycles. The van der Waals surface area contributed by atoms with Crippen LogP contribution in [0, 0.1) is 18.3 Å². The van der Waals surface area contributed by atoms with E-state index < -0.39 is 36.0 Å². The number of carboxylic acid groups (broad SMARTS) is 1. The number of carbonyl (C=O) groups excluding carboxylic acids is 2. The summed E-state index contributed by atoms with van der Waals surface area (Å²) in [5.41, 5.74) is 4.43. The molecule has 0 radical (unpaired) electrons. The number of carbonyl (C=O) groups is 3. The number of terminal acetylenes is 1. The zero-order chi connectivity index (χ0) is 24.8. The molecule has 7 nitrogen and oxygen atoms in total. The zero-order valence-electron chi connectivity index (χ0n) is 19.5. The fraction of sp³-hybridized carbons (Fsp3) is 0.393. The van der Waals surface area contributed by atoms with E-state index in [1.165, 1.54) is 0 Å². The lowest BCUT2D eigenvalue weighted by molar-refractivity contribution is -0.143. The first-order valence-electron chi connectivity index (χ1n) is 12.1. The van der Waals surface area contributed by atoms with Crippen LogP contribution in [-0.4, -0.2) is 41.8 Å². The Morgan fingerprint density at radius 3 is 2.26 bits per heavy atom. The molecule has 2 aromatic carbocycles. The number of nitrogens with one attached hydrogen (secondary N) is 2. The molecule has 7 heteroatoms. The molecule has 2 aliphatic rings. The van der Waals surface area contributed by atoms with Crippen LogP contribution < -0.4 is 10.6 Å². The van der Waals surface area contributed by atoms with Gasteiger partial charge in [0.25, 0.3) is 0 Å². The summed E-state index contributed by atoms with van der Waals surface area (Å²) >= 11 is 0. The van der Waals surface area contributed by atoms with Gasteiger partial charge in [-0.3, -0.25) is 9.59 Å². The van der Waals surface area contributed by atoms with E-state index in [0.717, 1.165) is 41.5 Å². The minimum atomic E-state index is -1.01. The van der Waals surface area contributed by atoms with E-state index in [1.54, 1.807) is 0 Å². The highest BCUT2D eigenvalue weighted by Crippen LogP contribution is 2.44. The Morgan fingerprint density at radius 1 is 1.00 bits per heavy atom. The second-order valence-corrected chi connectivity index (χ2v) is 9.13. The Hall–Kier alpha value is -3.79. The van der Waals surface area contributed by atoms with Gasteiger partial charge in [0.1, 0.15) is 12.6 Å². The molecule has 0 bridgehead atoms. The summed E-state index contributed by atoms with van der Waals surface area (Å²) in [6.07, 6.45) is 8.36. The summed E-state index contributed by atoms with van der Waals surface area (Å²) in [4.78, 5) is 37.3. The largest absolute Gasteiger partial charge is 0.481 e. The lowest BCUT2D eigenvalue weighted by atomic mass is 9.94. The third-order valence-corrected chi connectivity index (χ3v) is 6.94. The number of fused-ring (bicyclic) bond motifs is 3. The highest BCUT2D eigenvalue weighted by molar-refractivity contribution is 5.87. The maximum absolute atomic E-state index is 12.9. The number of hydrogen-bond donors (Lipinski definition) is 3. The highest BCUT2D eigenvalue weighted by Gasteiger charge is 2.33. The fourth-order valence-corrected chi connectivity index (χ4v) is 5.17. The highest BCUT2D eigenvalue weighted by atomic mass is 16.5. The van der Waals surface area contributed by atoms with Crippen molar-refractivity contribution in [3.63, 3.8) is 0 Å². The van der Waals surface area contributed by atoms with Crippen LogP contribution in [0.25, 0.3) is 11.1 Å². The molecule has 2 amide bonds. The molecule has 182 valence electrons. The zero-order valence-corrected chi connectivity index (χ0v) is 19.5. The average Bonchev–Trinajstić information content (AvgIpc) is 2.98. The maximum atomic E-state index is 12.9. The van der Waals surface area contributed by atoms with Crippen molar-refractivity contribution in [2.45, 2.75) is 56.5 Å². The van der Waals surface area contributed by atoms with Crippen molar-refractivity contribution in [3.8, 4) is 23.5 Å². The molecule has 0 aromatic heterocycles. The molecule has 3 unspecified atom stereocenters. The van der Waals surface area contributed by atoms with Crippen LogP contribution in [0.3, 0.4) is 0 Å². The van der Waals surface area contributed by atoms with Crippen molar-refractivity contribution in [3.05, 3.63) is 59.7 Å². The van der Waals surface area contributed by atoms with Gasteiger partial charge in [-0.25, -0.2) is 4.79 Å². The summed E-state index contributed by atoms with van der Waals surface area (Å²) in [6, 6.07) is 14.6. The standard InChI is InChI=1S/C28H30N2O5/c1-2-10-25(26(31)29-24-16-5-3-4-15-22(24)27(32)33)30-28(34)35-17-23-20-13-8-6-11-18(20)19-12-7-9-14-21(19)23/h1,6-9,11-14,22-25H,3-5,10,15-17H2,(H,29,31)(H,30,34)(H,32,33). The molecule has 0 heterocycles. The van der Waals surface area contributed by atoms with Gasteiger partial charge in [-0.15, -0.1) is 12.3 Å². The fourth-order valence-electron chi connectivity index (χ4n) is 5.17. The first-order chi connectivity index (χ1) is 17.0.